The van der Waals surface area contributed by atoms with Crippen LogP contribution in [0.1, 0.15) is 25.0 Å². The molecule has 0 aromatic heterocycles. The van der Waals surface area contributed by atoms with Crippen LogP contribution in [0.15, 0.2) is 42.5 Å². The van der Waals surface area contributed by atoms with E-state index in [0.29, 0.717) is 0 Å². The van der Waals surface area contributed by atoms with Gasteiger partial charge in [-0.15, -0.1) is 0 Å². The number of carbonyl (C=O) groups excluding carboxylic acids is 1. The number of esters is 1. The molecule has 0 radical (unpaired) electrons. The standard InChI is InChI=1S/C19H18O3/c1-13(2)22-19(20)10-14-7-8-18-17(9-14)11-15-5-3-4-6-16(15)12-21-18/h3-9,11-13H,10H2,1-2H3. The zero-order valence-corrected chi connectivity index (χ0v) is 12.7. The van der Waals surface area contributed by atoms with Crippen LogP contribution in [0.3, 0.4) is 0 Å². The van der Waals surface area contributed by atoms with Gasteiger partial charge in [0.25, 0.3) is 0 Å². The van der Waals surface area contributed by atoms with Crippen LogP contribution in [0.25, 0.3) is 12.3 Å². The van der Waals surface area contributed by atoms with E-state index in [0.717, 1.165) is 27.3 Å². The van der Waals surface area contributed by atoms with E-state index in [-0.39, 0.29) is 18.5 Å². The van der Waals surface area contributed by atoms with Crippen molar-refractivity contribution in [2.45, 2.75) is 26.4 Å². The first-order valence-corrected chi connectivity index (χ1v) is 7.38. The van der Waals surface area contributed by atoms with E-state index in [2.05, 4.69) is 6.08 Å². The average molecular weight is 294 g/mol. The molecule has 0 aliphatic carbocycles. The Bertz CT molecular complexity index is 819. The Kier molecular flexibility index (Phi) is 3.96. The van der Waals surface area contributed by atoms with Gasteiger partial charge in [0.1, 0.15) is 5.75 Å². The van der Waals surface area contributed by atoms with Crippen molar-refractivity contribution in [2.24, 2.45) is 0 Å². The Morgan fingerprint density at radius 1 is 1.14 bits per heavy atom. The number of ether oxygens (including phenoxy) is 2. The fraction of sp³-hybridized carbons (Fsp3) is 0.211. The molecule has 0 amide bonds. The number of fused-ring (bicyclic) bond motifs is 2. The van der Waals surface area contributed by atoms with Crippen molar-refractivity contribution < 1.29 is 14.3 Å². The first-order valence-electron chi connectivity index (χ1n) is 7.38. The quantitative estimate of drug-likeness (QED) is 0.814. The average Bonchev–Trinajstić information content (AvgIpc) is 2.64. The first kappa shape index (κ1) is 14.4. The van der Waals surface area contributed by atoms with Gasteiger partial charge in [-0.2, -0.15) is 0 Å². The van der Waals surface area contributed by atoms with Crippen molar-refractivity contribution in [3.63, 3.8) is 0 Å². The SMILES string of the molecule is CC(C)OC(=O)Cc1ccc2c(c1)C=c1ccccc1=CO2. The lowest BCUT2D eigenvalue weighted by Gasteiger charge is -2.09. The molecule has 0 saturated heterocycles. The summed E-state index contributed by atoms with van der Waals surface area (Å²) in [6, 6.07) is 13.8. The van der Waals surface area contributed by atoms with Crippen LogP contribution in [0.2, 0.25) is 0 Å². The fourth-order valence-electron chi connectivity index (χ4n) is 2.44. The summed E-state index contributed by atoms with van der Waals surface area (Å²) >= 11 is 0. The van der Waals surface area contributed by atoms with Crippen LogP contribution < -0.4 is 15.2 Å². The fourth-order valence-corrected chi connectivity index (χ4v) is 2.44. The highest BCUT2D eigenvalue weighted by Gasteiger charge is 2.10. The van der Waals surface area contributed by atoms with Crippen molar-refractivity contribution in [2.75, 3.05) is 0 Å². The largest absolute Gasteiger partial charge is 0.464 e. The minimum absolute atomic E-state index is 0.0929. The number of hydrogen-bond donors (Lipinski definition) is 0. The number of hydrogen-bond acceptors (Lipinski definition) is 3. The van der Waals surface area contributed by atoms with Gasteiger partial charge in [-0.25, -0.2) is 0 Å². The summed E-state index contributed by atoms with van der Waals surface area (Å²) in [6.07, 6.45) is 4.00. The normalized spacial score (nSPS) is 12.1. The maximum absolute atomic E-state index is 11.8. The predicted octanol–water partition coefficient (Wildman–Crippen LogP) is 2.14. The van der Waals surface area contributed by atoms with E-state index < -0.39 is 0 Å². The van der Waals surface area contributed by atoms with E-state index >= 15 is 0 Å². The lowest BCUT2D eigenvalue weighted by Crippen LogP contribution is -2.23. The zero-order valence-electron chi connectivity index (χ0n) is 12.7. The minimum atomic E-state index is -0.212. The van der Waals surface area contributed by atoms with Crippen LogP contribution in [0, 0.1) is 0 Å². The second-order valence-corrected chi connectivity index (χ2v) is 5.60. The Labute approximate surface area is 129 Å². The van der Waals surface area contributed by atoms with Crippen LogP contribution >= 0.6 is 0 Å². The topological polar surface area (TPSA) is 35.5 Å². The summed E-state index contributed by atoms with van der Waals surface area (Å²) in [7, 11) is 0. The lowest BCUT2D eigenvalue weighted by atomic mass is 10.1. The molecule has 0 N–H and O–H groups in total. The molecular weight excluding hydrogens is 276 g/mol. The number of rotatable bonds is 3. The van der Waals surface area contributed by atoms with Crippen LogP contribution in [-0.2, 0) is 16.0 Å². The van der Waals surface area contributed by atoms with Gasteiger partial charge in [-0.1, -0.05) is 30.3 Å². The number of carbonyl (C=O) groups is 1. The molecule has 2 aromatic carbocycles. The molecule has 0 atom stereocenters. The van der Waals surface area contributed by atoms with Crippen molar-refractivity contribution in [1.29, 1.82) is 0 Å². The van der Waals surface area contributed by atoms with E-state index in [1.54, 1.807) is 6.26 Å². The predicted molar refractivity (Wildman–Crippen MR) is 85.7 cm³/mol. The second-order valence-electron chi connectivity index (χ2n) is 5.60. The monoisotopic (exact) mass is 294 g/mol. The van der Waals surface area contributed by atoms with Crippen molar-refractivity contribution in [1.82, 2.24) is 0 Å². The van der Waals surface area contributed by atoms with Gasteiger partial charge in [0.05, 0.1) is 18.8 Å². The molecule has 0 bridgehead atoms. The highest BCUT2D eigenvalue weighted by Crippen LogP contribution is 2.22. The third-order valence-electron chi connectivity index (χ3n) is 3.41. The third-order valence-corrected chi connectivity index (χ3v) is 3.41. The molecule has 0 unspecified atom stereocenters. The third kappa shape index (κ3) is 3.19. The molecule has 0 saturated carbocycles. The summed E-state index contributed by atoms with van der Waals surface area (Å²) in [4.78, 5) is 11.8. The Balaban J connectivity index is 1.93. The highest BCUT2D eigenvalue weighted by molar-refractivity contribution is 5.73. The smallest absolute Gasteiger partial charge is 0.310 e. The Hall–Kier alpha value is -2.55. The summed E-state index contributed by atoms with van der Waals surface area (Å²) in [6.45, 7) is 3.70. The maximum atomic E-state index is 11.8. The van der Waals surface area contributed by atoms with E-state index in [1.807, 2.05) is 56.3 Å². The van der Waals surface area contributed by atoms with Gasteiger partial charge in [0, 0.05) is 10.8 Å². The van der Waals surface area contributed by atoms with E-state index in [1.165, 1.54) is 0 Å². The molecule has 0 spiro atoms. The van der Waals surface area contributed by atoms with E-state index in [4.69, 9.17) is 9.47 Å². The molecule has 0 fully saturated rings. The van der Waals surface area contributed by atoms with Gasteiger partial charge >= 0.3 is 5.97 Å². The van der Waals surface area contributed by atoms with Gasteiger partial charge in [0.15, 0.2) is 0 Å². The van der Waals surface area contributed by atoms with Crippen LogP contribution in [-0.4, -0.2) is 12.1 Å². The molecule has 2 aromatic rings. The highest BCUT2D eigenvalue weighted by atomic mass is 16.5. The maximum Gasteiger partial charge on any atom is 0.310 e. The first-order chi connectivity index (χ1) is 10.6. The molecule has 1 heterocycles. The zero-order chi connectivity index (χ0) is 15.5. The van der Waals surface area contributed by atoms with Crippen molar-refractivity contribution in [3.05, 3.63) is 64.0 Å². The molecule has 3 rings (SSSR count). The summed E-state index contributed by atoms with van der Waals surface area (Å²) in [5.41, 5.74) is 1.89. The van der Waals surface area contributed by atoms with Gasteiger partial charge in [-0.05, 0) is 42.8 Å². The van der Waals surface area contributed by atoms with Gasteiger partial charge < -0.3 is 9.47 Å². The van der Waals surface area contributed by atoms with Crippen molar-refractivity contribution in [3.8, 4) is 5.75 Å². The summed E-state index contributed by atoms with van der Waals surface area (Å²) in [5.74, 6) is 0.577. The molecular formula is C19H18O3. The molecule has 3 heteroatoms. The molecule has 3 nitrogen and oxygen atoms in total. The molecule has 1 aliphatic rings. The molecule has 112 valence electrons. The summed E-state index contributed by atoms with van der Waals surface area (Å²) < 4.78 is 10.9. The summed E-state index contributed by atoms with van der Waals surface area (Å²) in [5, 5.41) is 2.14. The van der Waals surface area contributed by atoms with Crippen LogP contribution in [0.5, 0.6) is 5.75 Å². The Morgan fingerprint density at radius 3 is 2.68 bits per heavy atom. The minimum Gasteiger partial charge on any atom is -0.464 e. The van der Waals surface area contributed by atoms with Gasteiger partial charge in [-0.3, -0.25) is 4.79 Å². The number of benzene rings is 2. The molecule has 22 heavy (non-hydrogen) atoms. The van der Waals surface area contributed by atoms with Crippen LogP contribution in [0.4, 0.5) is 0 Å². The molecule has 1 aliphatic heterocycles. The lowest BCUT2D eigenvalue weighted by molar-refractivity contribution is -0.146. The van der Waals surface area contributed by atoms with E-state index in [9.17, 15) is 4.79 Å². The Morgan fingerprint density at radius 2 is 1.91 bits per heavy atom. The van der Waals surface area contributed by atoms with Crippen molar-refractivity contribution >= 4 is 18.3 Å². The van der Waals surface area contributed by atoms with Gasteiger partial charge in [0.2, 0.25) is 0 Å². The second kappa shape index (κ2) is 6.06.